The predicted octanol–water partition coefficient (Wildman–Crippen LogP) is 1.95. The number of carbonyl (C=O) groups excluding carboxylic acids is 1. The van der Waals surface area contributed by atoms with Gasteiger partial charge in [0.05, 0.1) is 16.7 Å². The summed E-state index contributed by atoms with van der Waals surface area (Å²) in [5.41, 5.74) is 8.95. The number of imidazole rings is 1. The molecular formula is C17H14N6O. The Labute approximate surface area is 136 Å². The number of hydrogen-bond acceptors (Lipinski definition) is 4. The van der Waals surface area contributed by atoms with Crippen LogP contribution in [0.4, 0.5) is 5.69 Å². The van der Waals surface area contributed by atoms with E-state index in [9.17, 15) is 4.79 Å². The monoisotopic (exact) mass is 318 g/mol. The van der Waals surface area contributed by atoms with Crippen LogP contribution >= 0.6 is 0 Å². The quantitative estimate of drug-likeness (QED) is 0.365. The first kappa shape index (κ1) is 14.1. The topological polar surface area (TPSA) is 132 Å². The summed E-state index contributed by atoms with van der Waals surface area (Å²) in [6, 6.07) is 12.4. The van der Waals surface area contributed by atoms with Crippen LogP contribution in [0.1, 0.15) is 22.9 Å². The number of para-hydroxylation sites is 1. The number of nitrogens with one attached hydrogen (secondary N) is 4. The van der Waals surface area contributed by atoms with Crippen molar-refractivity contribution in [2.45, 2.75) is 5.92 Å². The van der Waals surface area contributed by atoms with Crippen molar-refractivity contribution >= 4 is 34.2 Å². The van der Waals surface area contributed by atoms with Gasteiger partial charge in [-0.15, -0.1) is 0 Å². The molecular weight excluding hydrogens is 304 g/mol. The fourth-order valence-electron chi connectivity index (χ4n) is 2.91. The Morgan fingerprint density at radius 2 is 2.00 bits per heavy atom. The second-order valence-corrected chi connectivity index (χ2v) is 5.65. The van der Waals surface area contributed by atoms with Crippen LogP contribution in [0.15, 0.2) is 42.5 Å². The molecule has 6 N–H and O–H groups in total. The molecule has 1 aliphatic heterocycles. The van der Waals surface area contributed by atoms with Gasteiger partial charge in [-0.25, -0.2) is 4.98 Å². The molecule has 3 aromatic rings. The molecule has 24 heavy (non-hydrogen) atoms. The van der Waals surface area contributed by atoms with E-state index in [0.717, 1.165) is 0 Å². The number of aromatic amines is 1. The summed E-state index contributed by atoms with van der Waals surface area (Å²) in [7, 11) is 0. The molecule has 0 aliphatic carbocycles. The van der Waals surface area contributed by atoms with Crippen molar-refractivity contribution in [3.05, 3.63) is 59.4 Å². The van der Waals surface area contributed by atoms with Crippen LogP contribution in [0, 0.1) is 10.8 Å². The minimum Gasteiger partial charge on any atom is -0.384 e. The fraction of sp³-hybridized carbons (Fsp3) is 0.0588. The van der Waals surface area contributed by atoms with E-state index in [4.69, 9.17) is 16.6 Å². The largest absolute Gasteiger partial charge is 0.384 e. The molecule has 118 valence electrons. The zero-order chi connectivity index (χ0) is 16.8. The molecule has 0 saturated carbocycles. The van der Waals surface area contributed by atoms with Crippen molar-refractivity contribution in [1.29, 1.82) is 10.8 Å². The summed E-state index contributed by atoms with van der Waals surface area (Å²) in [6.07, 6.45) is 0. The molecule has 1 unspecified atom stereocenters. The predicted molar refractivity (Wildman–Crippen MR) is 91.8 cm³/mol. The lowest BCUT2D eigenvalue weighted by atomic mass is 9.90. The van der Waals surface area contributed by atoms with E-state index in [1.165, 1.54) is 0 Å². The van der Waals surface area contributed by atoms with E-state index in [-0.39, 0.29) is 17.5 Å². The number of amides is 1. The summed E-state index contributed by atoms with van der Waals surface area (Å²) in [5, 5.41) is 18.7. The van der Waals surface area contributed by atoms with E-state index < -0.39 is 5.92 Å². The van der Waals surface area contributed by atoms with Crippen LogP contribution in [0.5, 0.6) is 0 Å². The van der Waals surface area contributed by atoms with Crippen LogP contribution in [0.2, 0.25) is 0 Å². The van der Waals surface area contributed by atoms with Gasteiger partial charge in [0.15, 0.2) is 0 Å². The van der Waals surface area contributed by atoms with Gasteiger partial charge in [-0.3, -0.25) is 10.2 Å². The second kappa shape index (κ2) is 5.02. The number of carbonyl (C=O) groups is 1. The molecule has 1 amide bonds. The van der Waals surface area contributed by atoms with Crippen molar-refractivity contribution in [3.63, 3.8) is 0 Å². The molecule has 1 aliphatic rings. The minimum atomic E-state index is -0.798. The number of amidine groups is 1. The highest BCUT2D eigenvalue weighted by Crippen LogP contribution is 2.31. The van der Waals surface area contributed by atoms with Crippen LogP contribution in [-0.2, 0) is 4.79 Å². The molecule has 4 rings (SSSR count). The number of nitrogens with two attached hydrogens (primary N) is 1. The fourth-order valence-corrected chi connectivity index (χ4v) is 2.91. The summed E-state index contributed by atoms with van der Waals surface area (Å²) in [6.45, 7) is 0. The number of nitrogens with zero attached hydrogens (tertiary/aromatic N) is 1. The molecule has 2 heterocycles. The van der Waals surface area contributed by atoms with E-state index in [2.05, 4.69) is 15.3 Å². The molecule has 2 aromatic carbocycles. The number of aromatic nitrogens is 2. The number of nitrogen functional groups attached to an aromatic ring is 1. The Bertz CT molecular complexity index is 1020. The Balaban J connectivity index is 1.81. The second-order valence-electron chi connectivity index (χ2n) is 5.65. The highest BCUT2D eigenvalue weighted by atomic mass is 16.2. The SMILES string of the molecule is N=C(N)c1ccc2nc(C3C(=N)c4ccccc4NC3=O)[nH]c2c1. The summed E-state index contributed by atoms with van der Waals surface area (Å²) < 4.78 is 0. The lowest BCUT2D eigenvalue weighted by Crippen LogP contribution is -2.34. The van der Waals surface area contributed by atoms with Gasteiger partial charge in [0.2, 0.25) is 5.91 Å². The Hall–Kier alpha value is -3.48. The maximum absolute atomic E-state index is 12.5. The van der Waals surface area contributed by atoms with Crippen molar-refractivity contribution in [3.8, 4) is 0 Å². The third-order valence-corrected chi connectivity index (χ3v) is 4.11. The molecule has 7 heteroatoms. The number of hydrogen-bond donors (Lipinski definition) is 5. The minimum absolute atomic E-state index is 0.0369. The summed E-state index contributed by atoms with van der Waals surface area (Å²) in [4.78, 5) is 20.0. The molecule has 0 radical (unpaired) electrons. The highest BCUT2D eigenvalue weighted by molar-refractivity contribution is 6.25. The number of fused-ring (bicyclic) bond motifs is 2. The average molecular weight is 318 g/mol. The van der Waals surface area contributed by atoms with Crippen molar-refractivity contribution in [2.24, 2.45) is 5.73 Å². The highest BCUT2D eigenvalue weighted by Gasteiger charge is 2.34. The Morgan fingerprint density at radius 1 is 1.21 bits per heavy atom. The van der Waals surface area contributed by atoms with Gasteiger partial charge < -0.3 is 21.4 Å². The number of H-pyrrole nitrogens is 1. The van der Waals surface area contributed by atoms with Crippen LogP contribution in [0.25, 0.3) is 11.0 Å². The maximum Gasteiger partial charge on any atom is 0.241 e. The number of benzene rings is 2. The zero-order valence-electron chi connectivity index (χ0n) is 12.6. The van der Waals surface area contributed by atoms with Gasteiger partial charge in [0.1, 0.15) is 17.6 Å². The zero-order valence-corrected chi connectivity index (χ0v) is 12.6. The van der Waals surface area contributed by atoms with Gasteiger partial charge in [-0.2, -0.15) is 0 Å². The van der Waals surface area contributed by atoms with Gasteiger partial charge in [0.25, 0.3) is 0 Å². The van der Waals surface area contributed by atoms with Gasteiger partial charge in [0, 0.05) is 16.8 Å². The Kier molecular flexibility index (Phi) is 2.96. The molecule has 7 nitrogen and oxygen atoms in total. The molecule has 0 fully saturated rings. The van der Waals surface area contributed by atoms with Gasteiger partial charge >= 0.3 is 0 Å². The smallest absolute Gasteiger partial charge is 0.241 e. The summed E-state index contributed by atoms with van der Waals surface area (Å²) in [5.74, 6) is -0.717. The van der Waals surface area contributed by atoms with Crippen LogP contribution < -0.4 is 11.1 Å². The third kappa shape index (κ3) is 2.06. The van der Waals surface area contributed by atoms with Crippen molar-refractivity contribution in [2.75, 3.05) is 5.32 Å². The maximum atomic E-state index is 12.5. The van der Waals surface area contributed by atoms with Crippen LogP contribution in [-0.4, -0.2) is 27.4 Å². The molecule has 0 bridgehead atoms. The molecule has 1 aromatic heterocycles. The van der Waals surface area contributed by atoms with Crippen molar-refractivity contribution < 1.29 is 4.79 Å². The average Bonchev–Trinajstić information content (AvgIpc) is 2.97. The third-order valence-electron chi connectivity index (χ3n) is 4.11. The van der Waals surface area contributed by atoms with Crippen LogP contribution in [0.3, 0.4) is 0 Å². The summed E-state index contributed by atoms with van der Waals surface area (Å²) >= 11 is 0. The number of rotatable bonds is 2. The Morgan fingerprint density at radius 3 is 2.79 bits per heavy atom. The van der Waals surface area contributed by atoms with E-state index in [1.54, 1.807) is 30.3 Å². The van der Waals surface area contributed by atoms with E-state index in [0.29, 0.717) is 33.7 Å². The number of anilines is 1. The lowest BCUT2D eigenvalue weighted by Gasteiger charge is -2.24. The standard InChI is InChI=1S/C17H14N6O/c18-14-9-3-1-2-4-10(9)23-17(24)13(14)16-21-11-6-5-8(15(19)20)7-12(11)22-16/h1-7,13,18H,(H3,19,20)(H,21,22)(H,23,24). The van der Waals surface area contributed by atoms with Gasteiger partial charge in [-0.1, -0.05) is 18.2 Å². The van der Waals surface area contributed by atoms with E-state index >= 15 is 0 Å². The van der Waals surface area contributed by atoms with Gasteiger partial charge in [-0.05, 0) is 24.3 Å². The lowest BCUT2D eigenvalue weighted by molar-refractivity contribution is -0.116. The first-order valence-electron chi connectivity index (χ1n) is 7.37. The molecule has 0 saturated heterocycles. The normalized spacial score (nSPS) is 16.8. The first-order valence-corrected chi connectivity index (χ1v) is 7.37. The first-order chi connectivity index (χ1) is 11.5. The molecule has 1 atom stereocenters. The molecule has 0 spiro atoms. The van der Waals surface area contributed by atoms with E-state index in [1.807, 2.05) is 12.1 Å². The van der Waals surface area contributed by atoms with Crippen molar-refractivity contribution in [1.82, 2.24) is 9.97 Å².